The first-order valence-corrected chi connectivity index (χ1v) is 9.65. The molecule has 0 unspecified atom stereocenters. The third kappa shape index (κ3) is 3.52. The normalized spacial score (nSPS) is 12.2. The Bertz CT molecular complexity index is 1070. The molecule has 0 aliphatic carbocycles. The Balaban J connectivity index is 1.85. The number of hydrogen-bond acceptors (Lipinski definition) is 5. The van der Waals surface area contributed by atoms with Crippen LogP contribution in [0.15, 0.2) is 29.4 Å². The summed E-state index contributed by atoms with van der Waals surface area (Å²) in [5.74, 6) is -0.194. The van der Waals surface area contributed by atoms with Gasteiger partial charge in [-0.25, -0.2) is 4.39 Å². The molecule has 2 heterocycles. The van der Waals surface area contributed by atoms with Gasteiger partial charge in [-0.1, -0.05) is 23.9 Å². The number of H-pyrrole nitrogens is 1. The second-order valence-electron chi connectivity index (χ2n) is 6.65. The van der Waals surface area contributed by atoms with Crippen LogP contribution in [-0.2, 0) is 7.05 Å². The predicted molar refractivity (Wildman–Crippen MR) is 106 cm³/mol. The Morgan fingerprint density at radius 2 is 1.89 bits per heavy atom. The van der Waals surface area contributed by atoms with Gasteiger partial charge in [-0.15, -0.1) is 10.2 Å². The van der Waals surface area contributed by atoms with Crippen molar-refractivity contribution in [1.29, 1.82) is 0 Å². The maximum atomic E-state index is 14.1. The average Bonchev–Trinajstić information content (AvgIpc) is 3.14. The van der Waals surface area contributed by atoms with Gasteiger partial charge >= 0.3 is 0 Å². The fourth-order valence-corrected chi connectivity index (χ4v) is 4.11. The molecule has 0 aliphatic rings. The van der Waals surface area contributed by atoms with Gasteiger partial charge in [-0.3, -0.25) is 9.59 Å². The van der Waals surface area contributed by atoms with E-state index in [1.807, 2.05) is 0 Å². The van der Waals surface area contributed by atoms with E-state index in [0.717, 1.165) is 0 Å². The summed E-state index contributed by atoms with van der Waals surface area (Å²) >= 11 is 1.24. The zero-order chi connectivity index (χ0) is 20.6. The number of aryl methyl sites for hydroxylation is 1. The van der Waals surface area contributed by atoms with Crippen LogP contribution in [0.1, 0.15) is 46.0 Å². The number of halogens is 1. The van der Waals surface area contributed by atoms with E-state index in [4.69, 9.17) is 0 Å². The third-order valence-corrected chi connectivity index (χ3v) is 5.77. The molecule has 1 N–H and O–H groups in total. The maximum Gasteiger partial charge on any atom is 0.192 e. The highest BCUT2D eigenvalue weighted by atomic mass is 32.2. The monoisotopic (exact) mass is 400 g/mol. The number of nitrogens with zero attached hydrogens (tertiary/aromatic N) is 3. The summed E-state index contributed by atoms with van der Waals surface area (Å²) in [4.78, 5) is 27.8. The predicted octanol–water partition coefficient (Wildman–Crippen LogP) is 4.13. The number of carbonyl (C=O) groups excluding carboxylic acids is 2. The lowest BCUT2D eigenvalue weighted by molar-refractivity contribution is 0.0988. The van der Waals surface area contributed by atoms with Crippen LogP contribution in [-0.4, -0.2) is 36.6 Å². The number of rotatable bonds is 6. The molecular formula is C20H21FN4O2S. The number of Topliss-reactive ketones (excluding diaryl/α,β-unsaturated/α-hetero) is 2. The number of thioether (sulfide) groups is 1. The molecule has 8 heteroatoms. The lowest BCUT2D eigenvalue weighted by Gasteiger charge is -2.10. The standard InChI is InChI=1S/C20H21FN4O2S/c1-10-16(12(3)26)11(2)22-17(10)18(27)13(4)28-20-24-23-19(25(20)5)14-8-6-7-9-15(14)21/h6-9,13,22H,1-5H3/t13-/m1/s1. The highest BCUT2D eigenvalue weighted by Gasteiger charge is 2.26. The molecule has 0 saturated carbocycles. The van der Waals surface area contributed by atoms with Crippen LogP contribution >= 0.6 is 11.8 Å². The van der Waals surface area contributed by atoms with Crippen LogP contribution in [0.3, 0.4) is 0 Å². The Hall–Kier alpha value is -2.74. The Labute approximate surface area is 166 Å². The van der Waals surface area contributed by atoms with E-state index in [1.54, 1.807) is 50.6 Å². The zero-order valence-corrected chi connectivity index (χ0v) is 17.1. The summed E-state index contributed by atoms with van der Waals surface area (Å²) < 4.78 is 15.7. The average molecular weight is 400 g/mol. The molecular weight excluding hydrogens is 379 g/mol. The van der Waals surface area contributed by atoms with Crippen LogP contribution in [0.25, 0.3) is 11.4 Å². The summed E-state index contributed by atoms with van der Waals surface area (Å²) in [5.41, 5.74) is 2.68. The molecule has 3 aromatic rings. The molecule has 0 aliphatic heterocycles. The van der Waals surface area contributed by atoms with Gasteiger partial charge in [0.15, 0.2) is 22.5 Å². The Morgan fingerprint density at radius 1 is 1.21 bits per heavy atom. The highest BCUT2D eigenvalue weighted by molar-refractivity contribution is 8.00. The van der Waals surface area contributed by atoms with Crippen LogP contribution < -0.4 is 0 Å². The van der Waals surface area contributed by atoms with E-state index in [2.05, 4.69) is 15.2 Å². The summed E-state index contributed by atoms with van der Waals surface area (Å²) in [7, 11) is 1.74. The topological polar surface area (TPSA) is 80.6 Å². The van der Waals surface area contributed by atoms with Gasteiger partial charge in [0.25, 0.3) is 0 Å². The molecule has 1 atom stereocenters. The van der Waals surface area contributed by atoms with Crippen molar-refractivity contribution in [3.63, 3.8) is 0 Å². The van der Waals surface area contributed by atoms with Crippen LogP contribution in [0, 0.1) is 19.7 Å². The fourth-order valence-electron chi connectivity index (χ4n) is 3.23. The molecule has 2 aromatic heterocycles. The van der Waals surface area contributed by atoms with E-state index >= 15 is 0 Å². The van der Waals surface area contributed by atoms with E-state index in [9.17, 15) is 14.0 Å². The molecule has 0 bridgehead atoms. The number of carbonyl (C=O) groups is 2. The number of benzene rings is 1. The van der Waals surface area contributed by atoms with Gasteiger partial charge in [0.05, 0.1) is 16.5 Å². The van der Waals surface area contributed by atoms with Gasteiger partial charge in [0.2, 0.25) is 0 Å². The van der Waals surface area contributed by atoms with Crippen molar-refractivity contribution in [3.05, 3.63) is 52.6 Å². The molecule has 0 saturated heterocycles. The first-order chi connectivity index (χ1) is 13.2. The van der Waals surface area contributed by atoms with Crippen molar-refractivity contribution < 1.29 is 14.0 Å². The molecule has 0 radical (unpaired) electrons. The second-order valence-corrected chi connectivity index (χ2v) is 7.96. The quantitative estimate of drug-likeness (QED) is 0.497. The summed E-state index contributed by atoms with van der Waals surface area (Å²) in [6, 6.07) is 6.35. The number of nitrogens with one attached hydrogen (secondary N) is 1. The van der Waals surface area contributed by atoms with Crippen molar-refractivity contribution >= 4 is 23.3 Å². The van der Waals surface area contributed by atoms with Crippen LogP contribution in [0.2, 0.25) is 0 Å². The molecule has 6 nitrogen and oxygen atoms in total. The largest absolute Gasteiger partial charge is 0.355 e. The maximum absolute atomic E-state index is 14.1. The Kier molecular flexibility index (Phi) is 5.51. The van der Waals surface area contributed by atoms with Crippen molar-refractivity contribution in [2.75, 3.05) is 0 Å². The van der Waals surface area contributed by atoms with Crippen LogP contribution in [0.4, 0.5) is 4.39 Å². The van der Waals surface area contributed by atoms with Gasteiger partial charge in [-0.05, 0) is 45.4 Å². The lowest BCUT2D eigenvalue weighted by atomic mass is 10.0. The number of aromatic amines is 1. The molecule has 1 aromatic carbocycles. The minimum absolute atomic E-state index is 0.0755. The zero-order valence-electron chi connectivity index (χ0n) is 16.3. The third-order valence-electron chi connectivity index (χ3n) is 4.64. The van der Waals surface area contributed by atoms with E-state index in [1.165, 1.54) is 24.8 Å². The number of hydrogen-bond donors (Lipinski definition) is 1. The minimum atomic E-state index is -0.465. The molecule has 0 fully saturated rings. The molecule has 0 amide bonds. The Morgan fingerprint density at radius 3 is 2.50 bits per heavy atom. The number of aromatic nitrogens is 4. The molecule has 0 spiro atoms. The van der Waals surface area contributed by atoms with Gasteiger partial charge in [0.1, 0.15) is 5.82 Å². The SMILES string of the molecule is CC(=O)c1c(C)[nH]c(C(=O)[C@@H](C)Sc2nnc(-c3ccccc3F)n2C)c1C. The highest BCUT2D eigenvalue weighted by Crippen LogP contribution is 2.29. The van der Waals surface area contributed by atoms with E-state index in [0.29, 0.717) is 39.1 Å². The van der Waals surface area contributed by atoms with Gasteiger partial charge in [0, 0.05) is 18.3 Å². The van der Waals surface area contributed by atoms with Crippen molar-refractivity contribution in [2.24, 2.45) is 7.05 Å². The summed E-state index contributed by atoms with van der Waals surface area (Å²) in [5, 5.41) is 8.24. The van der Waals surface area contributed by atoms with E-state index < -0.39 is 5.25 Å². The van der Waals surface area contributed by atoms with Crippen molar-refractivity contribution in [2.45, 2.75) is 38.1 Å². The summed E-state index contributed by atoms with van der Waals surface area (Å²) in [6.07, 6.45) is 0. The van der Waals surface area contributed by atoms with E-state index in [-0.39, 0.29) is 17.4 Å². The van der Waals surface area contributed by atoms with Crippen molar-refractivity contribution in [3.8, 4) is 11.4 Å². The van der Waals surface area contributed by atoms with Crippen molar-refractivity contribution in [1.82, 2.24) is 19.7 Å². The minimum Gasteiger partial charge on any atom is -0.355 e. The molecule has 28 heavy (non-hydrogen) atoms. The summed E-state index contributed by atoms with van der Waals surface area (Å²) in [6.45, 7) is 6.80. The lowest BCUT2D eigenvalue weighted by Crippen LogP contribution is -2.16. The van der Waals surface area contributed by atoms with Crippen LogP contribution in [0.5, 0.6) is 0 Å². The first-order valence-electron chi connectivity index (χ1n) is 8.77. The smallest absolute Gasteiger partial charge is 0.192 e. The number of ketones is 2. The fraction of sp³-hybridized carbons (Fsp3) is 0.300. The first kappa shape index (κ1) is 20.0. The second kappa shape index (κ2) is 7.71. The van der Waals surface area contributed by atoms with Gasteiger partial charge in [-0.2, -0.15) is 0 Å². The molecule has 3 rings (SSSR count). The van der Waals surface area contributed by atoms with Gasteiger partial charge < -0.3 is 9.55 Å². The molecule has 146 valence electrons.